The van der Waals surface area contributed by atoms with Gasteiger partial charge in [0.25, 0.3) is 0 Å². The fourth-order valence-corrected chi connectivity index (χ4v) is 10.1. The van der Waals surface area contributed by atoms with Gasteiger partial charge in [-0.2, -0.15) is 0 Å². The van der Waals surface area contributed by atoms with Crippen molar-refractivity contribution < 1.29 is 0 Å². The van der Waals surface area contributed by atoms with Gasteiger partial charge in [-0.1, -0.05) is 163 Å². The Morgan fingerprint density at radius 3 is 1.78 bits per heavy atom. The fourth-order valence-electron chi connectivity index (χ4n) is 8.89. The predicted octanol–water partition coefficient (Wildman–Crippen LogP) is 12.0. The lowest BCUT2D eigenvalue weighted by Crippen LogP contribution is -2.38. The lowest BCUT2D eigenvalue weighted by molar-refractivity contribution is 0.384. The van der Waals surface area contributed by atoms with Gasteiger partial charge in [0.2, 0.25) is 0 Å². The molecule has 6 aromatic carbocycles. The van der Waals surface area contributed by atoms with Crippen molar-refractivity contribution in [2.24, 2.45) is 5.92 Å². The van der Waals surface area contributed by atoms with E-state index < -0.39 is 0 Å². The number of benzene rings is 6. The smallest absolute Gasteiger partial charge is 0.160 e. The number of rotatable bonds is 4. The highest BCUT2D eigenvalue weighted by molar-refractivity contribution is 7.99. The molecule has 0 saturated heterocycles. The van der Waals surface area contributed by atoms with E-state index in [9.17, 15) is 0 Å². The first-order valence-electron chi connectivity index (χ1n) is 17.6. The van der Waals surface area contributed by atoms with Crippen LogP contribution in [0.2, 0.25) is 0 Å². The van der Waals surface area contributed by atoms with Crippen LogP contribution in [0.1, 0.15) is 41.0 Å². The SMILES string of the molecule is C1=CC2C(CC1)c1cccc(-c3nc(-c4ccccc4)cc(-c4ccc(-c5ccccc5)cc4)n3)c1C21c2ccccc2Sc2ccccc21. The molecule has 0 N–H and O–H groups in total. The number of aromatic nitrogens is 2. The summed E-state index contributed by atoms with van der Waals surface area (Å²) in [4.78, 5) is 13.5. The van der Waals surface area contributed by atoms with E-state index >= 15 is 0 Å². The summed E-state index contributed by atoms with van der Waals surface area (Å²) in [6.45, 7) is 0. The molecule has 238 valence electrons. The van der Waals surface area contributed by atoms with Gasteiger partial charge in [0.15, 0.2) is 5.82 Å². The van der Waals surface area contributed by atoms with Crippen LogP contribution in [0.25, 0.3) is 45.0 Å². The molecule has 0 radical (unpaired) electrons. The van der Waals surface area contributed by atoms with Gasteiger partial charge in [-0.05, 0) is 70.3 Å². The molecule has 2 unspecified atom stereocenters. The van der Waals surface area contributed by atoms with Crippen LogP contribution in [0, 0.1) is 5.92 Å². The molecule has 50 heavy (non-hydrogen) atoms. The molecule has 0 amide bonds. The molecule has 2 atom stereocenters. The third kappa shape index (κ3) is 4.50. The molecule has 3 heteroatoms. The summed E-state index contributed by atoms with van der Waals surface area (Å²) in [5.41, 5.74) is 12.8. The van der Waals surface area contributed by atoms with Gasteiger partial charge in [-0.3, -0.25) is 0 Å². The van der Waals surface area contributed by atoms with Gasteiger partial charge in [0.05, 0.1) is 16.8 Å². The first-order chi connectivity index (χ1) is 24.8. The predicted molar refractivity (Wildman–Crippen MR) is 205 cm³/mol. The number of hydrogen-bond donors (Lipinski definition) is 0. The number of fused-ring (bicyclic) bond motifs is 9. The highest BCUT2D eigenvalue weighted by Gasteiger charge is 2.57. The zero-order chi connectivity index (χ0) is 33.1. The molecule has 0 bridgehead atoms. The summed E-state index contributed by atoms with van der Waals surface area (Å²) in [5, 5.41) is 0. The summed E-state index contributed by atoms with van der Waals surface area (Å²) in [5.74, 6) is 1.50. The highest BCUT2D eigenvalue weighted by atomic mass is 32.2. The third-order valence-electron chi connectivity index (χ3n) is 11.0. The largest absolute Gasteiger partial charge is 0.228 e. The molecule has 2 nitrogen and oxygen atoms in total. The van der Waals surface area contributed by atoms with E-state index in [2.05, 4.69) is 170 Å². The van der Waals surface area contributed by atoms with E-state index in [0.717, 1.165) is 46.7 Å². The van der Waals surface area contributed by atoms with Crippen molar-refractivity contribution in [3.63, 3.8) is 0 Å². The molecule has 0 fully saturated rings. The Morgan fingerprint density at radius 1 is 0.540 bits per heavy atom. The number of hydrogen-bond acceptors (Lipinski definition) is 3. The lowest BCUT2D eigenvalue weighted by atomic mass is 9.61. The van der Waals surface area contributed by atoms with Gasteiger partial charge >= 0.3 is 0 Å². The standard InChI is InChI=1S/C47H34N2S/c1-3-14-31(15-4-1)32-26-28-34(29-27-32)42-30-41(33-16-5-2-6-17-33)48-46(49-42)37-20-13-19-36-35-18-7-8-21-38(35)47(45(36)37)39-22-9-11-24-43(39)50-44-25-12-10-23-40(44)47/h1-6,8-17,19-30,35,38H,7,18H2. The van der Waals surface area contributed by atoms with E-state index in [1.807, 2.05) is 11.8 Å². The summed E-state index contributed by atoms with van der Waals surface area (Å²) < 4.78 is 0. The molecular weight excluding hydrogens is 625 g/mol. The Hall–Kier alpha value is -5.51. The fraction of sp³-hybridized carbons (Fsp3) is 0.106. The molecule has 1 aliphatic heterocycles. The Morgan fingerprint density at radius 2 is 1.10 bits per heavy atom. The number of allylic oxidation sites excluding steroid dienone is 2. The van der Waals surface area contributed by atoms with Gasteiger partial charge in [-0.15, -0.1) is 0 Å². The molecule has 2 aliphatic carbocycles. The van der Waals surface area contributed by atoms with Crippen molar-refractivity contribution in [2.75, 3.05) is 0 Å². The normalized spacial score (nSPS) is 17.8. The molecule has 0 saturated carbocycles. The maximum Gasteiger partial charge on any atom is 0.160 e. The molecule has 3 aliphatic rings. The third-order valence-corrected chi connectivity index (χ3v) is 12.1. The quantitative estimate of drug-likeness (QED) is 0.176. The van der Waals surface area contributed by atoms with Crippen molar-refractivity contribution in [3.05, 3.63) is 192 Å². The van der Waals surface area contributed by atoms with E-state index in [4.69, 9.17) is 9.97 Å². The monoisotopic (exact) mass is 658 g/mol. The van der Waals surface area contributed by atoms with E-state index in [-0.39, 0.29) is 5.41 Å². The second kappa shape index (κ2) is 11.8. The van der Waals surface area contributed by atoms with Crippen LogP contribution < -0.4 is 0 Å². The first kappa shape index (κ1) is 29.4. The topological polar surface area (TPSA) is 25.8 Å². The Balaban J connectivity index is 1.24. The van der Waals surface area contributed by atoms with Gasteiger partial charge in [0.1, 0.15) is 0 Å². The van der Waals surface area contributed by atoms with Crippen molar-refractivity contribution in [2.45, 2.75) is 34.0 Å². The molecule has 1 spiro atoms. The van der Waals surface area contributed by atoms with Crippen LogP contribution >= 0.6 is 11.8 Å². The number of nitrogens with zero attached hydrogens (tertiary/aromatic N) is 2. The van der Waals surface area contributed by atoms with Crippen LogP contribution in [-0.2, 0) is 5.41 Å². The summed E-state index contributed by atoms with van der Waals surface area (Å²) in [7, 11) is 0. The maximum atomic E-state index is 5.45. The minimum atomic E-state index is -0.352. The second-order valence-corrected chi connectivity index (χ2v) is 14.7. The zero-order valence-corrected chi connectivity index (χ0v) is 28.4. The van der Waals surface area contributed by atoms with Crippen molar-refractivity contribution in [1.82, 2.24) is 9.97 Å². The molecule has 2 heterocycles. The second-order valence-electron chi connectivity index (χ2n) is 13.6. The van der Waals surface area contributed by atoms with Crippen molar-refractivity contribution in [3.8, 4) is 45.0 Å². The maximum absolute atomic E-state index is 5.45. The molecule has 1 aromatic heterocycles. The zero-order valence-electron chi connectivity index (χ0n) is 27.5. The van der Waals surface area contributed by atoms with Crippen molar-refractivity contribution >= 4 is 11.8 Å². The minimum Gasteiger partial charge on any atom is -0.228 e. The molecular formula is C47H34N2S. The Labute approximate surface area is 297 Å². The molecule has 7 aromatic rings. The van der Waals surface area contributed by atoms with Gasteiger partial charge in [0, 0.05) is 32.4 Å². The summed E-state index contributed by atoms with van der Waals surface area (Å²) >= 11 is 1.90. The van der Waals surface area contributed by atoms with Gasteiger partial charge in [-0.25, -0.2) is 9.97 Å². The minimum absolute atomic E-state index is 0.304. The van der Waals surface area contributed by atoms with Crippen LogP contribution in [0.15, 0.2) is 180 Å². The van der Waals surface area contributed by atoms with E-state index in [1.54, 1.807) is 0 Å². The molecule has 10 rings (SSSR count). The van der Waals surface area contributed by atoms with Crippen LogP contribution in [0.5, 0.6) is 0 Å². The lowest BCUT2D eigenvalue weighted by Gasteiger charge is -2.44. The Bertz CT molecular complexity index is 2370. The van der Waals surface area contributed by atoms with Crippen LogP contribution in [0.4, 0.5) is 0 Å². The van der Waals surface area contributed by atoms with E-state index in [1.165, 1.54) is 43.2 Å². The average Bonchev–Trinajstić information content (AvgIpc) is 3.49. The van der Waals surface area contributed by atoms with Gasteiger partial charge < -0.3 is 0 Å². The summed E-state index contributed by atoms with van der Waals surface area (Å²) in [6.07, 6.45) is 7.19. The summed E-state index contributed by atoms with van der Waals surface area (Å²) in [6, 6.07) is 57.1. The Kier molecular flexibility index (Phi) is 6.95. The average molecular weight is 659 g/mol. The first-order valence-corrected chi connectivity index (χ1v) is 18.4. The van der Waals surface area contributed by atoms with Crippen molar-refractivity contribution in [1.29, 1.82) is 0 Å². The van der Waals surface area contributed by atoms with Crippen LogP contribution in [-0.4, -0.2) is 9.97 Å². The van der Waals surface area contributed by atoms with E-state index in [0.29, 0.717) is 11.8 Å². The highest BCUT2D eigenvalue weighted by Crippen LogP contribution is 2.66. The van der Waals surface area contributed by atoms with Crippen LogP contribution in [0.3, 0.4) is 0 Å².